The second-order valence-corrected chi connectivity index (χ2v) is 23.1. The molecule has 0 aliphatic rings. The van der Waals surface area contributed by atoms with E-state index in [1.54, 1.807) is 0 Å². The minimum Gasteiger partial charge on any atom is -0.462 e. The summed E-state index contributed by atoms with van der Waals surface area (Å²) in [6.07, 6.45) is 63.8. The van der Waals surface area contributed by atoms with E-state index in [0.717, 1.165) is 69.6 Å². The van der Waals surface area contributed by atoms with Gasteiger partial charge in [0.15, 0.2) is 6.10 Å². The van der Waals surface area contributed by atoms with Crippen LogP contribution in [-0.2, 0) is 28.6 Å². The first-order chi connectivity index (χ1) is 34.8. The van der Waals surface area contributed by atoms with E-state index in [2.05, 4.69) is 34.6 Å². The predicted molar refractivity (Wildman–Crippen MR) is 307 cm³/mol. The van der Waals surface area contributed by atoms with Gasteiger partial charge in [-0.3, -0.25) is 14.4 Å². The second kappa shape index (κ2) is 57.7. The summed E-state index contributed by atoms with van der Waals surface area (Å²) in [4.78, 5) is 38.3. The Morgan fingerprint density at radius 1 is 0.296 bits per heavy atom. The van der Waals surface area contributed by atoms with Crippen molar-refractivity contribution in [3.05, 3.63) is 0 Å². The van der Waals surface area contributed by atoms with Crippen LogP contribution in [0.5, 0.6) is 0 Å². The molecule has 2 atom stereocenters. The van der Waals surface area contributed by atoms with E-state index in [1.165, 1.54) is 257 Å². The van der Waals surface area contributed by atoms with Crippen LogP contribution in [0.3, 0.4) is 0 Å². The van der Waals surface area contributed by atoms with Gasteiger partial charge in [-0.15, -0.1) is 0 Å². The third-order valence-corrected chi connectivity index (χ3v) is 15.3. The number of carbonyl (C=O) groups is 3. The van der Waals surface area contributed by atoms with E-state index in [-0.39, 0.29) is 31.1 Å². The van der Waals surface area contributed by atoms with Gasteiger partial charge in [0.05, 0.1) is 0 Å². The molecule has 0 spiro atoms. The maximum Gasteiger partial charge on any atom is 0.306 e. The standard InChI is InChI=1S/C65H126O6/c1-6-8-9-10-11-12-13-14-25-30-35-40-45-50-55-63(66)69-58-62(71-65(68)57-52-47-42-37-32-27-22-21-23-28-33-38-43-48-53-60(3)4)59-70-64(67)56-51-46-41-36-31-26-20-18-16-15-17-19-24-29-34-39-44-49-54-61(5)7-2/h60-62H,6-59H2,1-5H3/t61?,62-/m1/s1. The van der Waals surface area contributed by atoms with Gasteiger partial charge in [-0.05, 0) is 31.1 Å². The lowest BCUT2D eigenvalue weighted by molar-refractivity contribution is -0.167. The molecule has 0 aromatic heterocycles. The maximum atomic E-state index is 12.9. The van der Waals surface area contributed by atoms with Crippen molar-refractivity contribution < 1.29 is 28.6 Å². The van der Waals surface area contributed by atoms with Crippen LogP contribution in [0.25, 0.3) is 0 Å². The zero-order valence-electron chi connectivity index (χ0n) is 48.9. The lowest BCUT2D eigenvalue weighted by atomic mass is 9.99. The molecule has 0 fully saturated rings. The molecule has 6 nitrogen and oxygen atoms in total. The van der Waals surface area contributed by atoms with Gasteiger partial charge in [-0.25, -0.2) is 0 Å². The highest BCUT2D eigenvalue weighted by Gasteiger charge is 2.19. The topological polar surface area (TPSA) is 78.9 Å². The Balaban J connectivity index is 4.25. The largest absolute Gasteiger partial charge is 0.462 e. The molecule has 0 radical (unpaired) electrons. The molecule has 0 aromatic carbocycles. The van der Waals surface area contributed by atoms with Gasteiger partial charge < -0.3 is 14.2 Å². The number of rotatable bonds is 59. The molecule has 0 rings (SSSR count). The van der Waals surface area contributed by atoms with Crippen LogP contribution in [0, 0.1) is 11.8 Å². The van der Waals surface area contributed by atoms with Crippen molar-refractivity contribution in [2.45, 2.75) is 375 Å². The monoisotopic (exact) mass is 1000 g/mol. The number of ether oxygens (including phenoxy) is 3. The van der Waals surface area contributed by atoms with Gasteiger partial charge >= 0.3 is 17.9 Å². The Labute approximate surface area is 444 Å². The fourth-order valence-corrected chi connectivity index (χ4v) is 10.1. The van der Waals surface area contributed by atoms with Crippen LogP contribution in [0.4, 0.5) is 0 Å². The molecule has 0 saturated heterocycles. The van der Waals surface area contributed by atoms with Gasteiger partial charge in [0.25, 0.3) is 0 Å². The SMILES string of the molecule is CCCCCCCCCCCCCCCCC(=O)OC[C@H](COC(=O)CCCCCCCCCCCCCCCCCCCCC(C)CC)OC(=O)CCCCCCCCCCCCCCCCC(C)C. The third kappa shape index (κ3) is 57.5. The molecule has 0 bridgehead atoms. The van der Waals surface area contributed by atoms with Crippen LogP contribution < -0.4 is 0 Å². The molecule has 0 saturated carbocycles. The van der Waals surface area contributed by atoms with Crippen molar-refractivity contribution in [2.24, 2.45) is 11.8 Å². The number of carbonyl (C=O) groups excluding carboxylic acids is 3. The maximum absolute atomic E-state index is 12.9. The first-order valence-electron chi connectivity index (χ1n) is 32.3. The minimum absolute atomic E-state index is 0.0618. The van der Waals surface area contributed by atoms with Crippen molar-refractivity contribution >= 4 is 17.9 Å². The highest BCUT2D eigenvalue weighted by atomic mass is 16.6. The molecule has 0 aliphatic heterocycles. The summed E-state index contributed by atoms with van der Waals surface area (Å²) in [6.45, 7) is 11.5. The number of esters is 3. The molecule has 0 amide bonds. The molecule has 0 heterocycles. The van der Waals surface area contributed by atoms with Crippen molar-refractivity contribution in [1.29, 1.82) is 0 Å². The summed E-state index contributed by atoms with van der Waals surface area (Å²) in [7, 11) is 0. The van der Waals surface area contributed by atoms with Crippen LogP contribution in [0.15, 0.2) is 0 Å². The van der Waals surface area contributed by atoms with Gasteiger partial charge in [0, 0.05) is 19.3 Å². The van der Waals surface area contributed by atoms with Crippen LogP contribution >= 0.6 is 0 Å². The molecule has 6 heteroatoms. The zero-order valence-corrected chi connectivity index (χ0v) is 48.9. The first kappa shape index (κ1) is 69.4. The van der Waals surface area contributed by atoms with Crippen molar-refractivity contribution in [1.82, 2.24) is 0 Å². The number of unbranched alkanes of at least 4 members (excludes halogenated alkanes) is 43. The average molecular weight is 1000 g/mol. The van der Waals surface area contributed by atoms with Crippen LogP contribution in [0.2, 0.25) is 0 Å². The van der Waals surface area contributed by atoms with E-state index in [4.69, 9.17) is 14.2 Å². The summed E-state index contributed by atoms with van der Waals surface area (Å²) in [5, 5.41) is 0. The number of hydrogen-bond donors (Lipinski definition) is 0. The smallest absolute Gasteiger partial charge is 0.306 e. The molecule has 1 unspecified atom stereocenters. The zero-order chi connectivity index (χ0) is 51.8. The quantitative estimate of drug-likeness (QED) is 0.0343. The molecular weight excluding hydrogens is 877 g/mol. The van der Waals surface area contributed by atoms with E-state index in [0.29, 0.717) is 19.3 Å². The molecule has 422 valence electrons. The highest BCUT2D eigenvalue weighted by molar-refractivity contribution is 5.71. The summed E-state index contributed by atoms with van der Waals surface area (Å²) in [5.41, 5.74) is 0. The normalized spacial score (nSPS) is 12.4. The molecule has 71 heavy (non-hydrogen) atoms. The Morgan fingerprint density at radius 2 is 0.535 bits per heavy atom. The van der Waals surface area contributed by atoms with Gasteiger partial charge in [-0.2, -0.15) is 0 Å². The summed E-state index contributed by atoms with van der Waals surface area (Å²) in [6, 6.07) is 0. The van der Waals surface area contributed by atoms with Gasteiger partial charge in [0.2, 0.25) is 0 Å². The van der Waals surface area contributed by atoms with Crippen LogP contribution in [-0.4, -0.2) is 37.2 Å². The van der Waals surface area contributed by atoms with Gasteiger partial charge in [-0.1, -0.05) is 330 Å². The van der Waals surface area contributed by atoms with Crippen molar-refractivity contribution in [3.63, 3.8) is 0 Å². The van der Waals surface area contributed by atoms with E-state index < -0.39 is 6.10 Å². The lowest BCUT2D eigenvalue weighted by Gasteiger charge is -2.18. The van der Waals surface area contributed by atoms with Crippen molar-refractivity contribution in [3.8, 4) is 0 Å². The Bertz CT molecular complexity index is 1090. The van der Waals surface area contributed by atoms with Gasteiger partial charge in [0.1, 0.15) is 13.2 Å². The molecule has 0 N–H and O–H groups in total. The third-order valence-electron chi connectivity index (χ3n) is 15.3. The fourth-order valence-electron chi connectivity index (χ4n) is 10.1. The van der Waals surface area contributed by atoms with Crippen molar-refractivity contribution in [2.75, 3.05) is 13.2 Å². The first-order valence-corrected chi connectivity index (χ1v) is 32.3. The summed E-state index contributed by atoms with van der Waals surface area (Å²) >= 11 is 0. The molecular formula is C65H126O6. The van der Waals surface area contributed by atoms with E-state index in [9.17, 15) is 14.4 Å². The Hall–Kier alpha value is -1.59. The Kier molecular flexibility index (Phi) is 56.4. The second-order valence-electron chi connectivity index (χ2n) is 23.1. The average Bonchev–Trinajstić information content (AvgIpc) is 3.36. The fraction of sp³-hybridized carbons (Fsp3) is 0.954. The summed E-state index contributed by atoms with van der Waals surface area (Å²) < 4.78 is 17.0. The molecule has 0 aromatic rings. The highest BCUT2D eigenvalue weighted by Crippen LogP contribution is 2.19. The minimum atomic E-state index is -0.763. The lowest BCUT2D eigenvalue weighted by Crippen LogP contribution is -2.30. The summed E-state index contributed by atoms with van der Waals surface area (Å²) in [5.74, 6) is 0.923. The van der Waals surface area contributed by atoms with E-state index >= 15 is 0 Å². The Morgan fingerprint density at radius 3 is 0.803 bits per heavy atom. The molecule has 0 aliphatic carbocycles. The predicted octanol–water partition coefficient (Wildman–Crippen LogP) is 21.6. The number of hydrogen-bond acceptors (Lipinski definition) is 6. The van der Waals surface area contributed by atoms with Crippen LogP contribution in [0.1, 0.15) is 369 Å². The van der Waals surface area contributed by atoms with E-state index in [1.807, 2.05) is 0 Å².